The summed E-state index contributed by atoms with van der Waals surface area (Å²) in [7, 11) is 0. The van der Waals surface area contributed by atoms with Crippen LogP contribution in [0.25, 0.3) is 0 Å². The fourth-order valence-corrected chi connectivity index (χ4v) is 3.56. The van der Waals surface area contributed by atoms with E-state index in [1.165, 1.54) is 18.4 Å². The Morgan fingerprint density at radius 2 is 2.25 bits per heavy atom. The molecule has 1 aliphatic rings. The minimum Gasteiger partial charge on any atom is -0.481 e. The number of likely N-dealkylation sites (tertiary alicyclic amines) is 1. The molecule has 1 N–H and O–H groups in total. The maximum Gasteiger partial charge on any atom is 0.303 e. The predicted octanol–water partition coefficient (Wildman–Crippen LogP) is 4.32. The number of halogens is 2. The highest BCUT2D eigenvalue weighted by atomic mass is 79.9. The molecule has 1 aliphatic heterocycles. The van der Waals surface area contributed by atoms with Crippen molar-refractivity contribution in [3.8, 4) is 0 Å². The normalized spacial score (nSPS) is 20.0. The predicted molar refractivity (Wildman–Crippen MR) is 84.1 cm³/mol. The molecular weight excluding hydrogens is 342 g/mol. The SMILES string of the molecule is O=C(O)CCC1CCCCN1Cc1ccc(Cl)cc1Br. The molecular formula is C15H19BrClNO2. The molecule has 0 spiro atoms. The Morgan fingerprint density at radius 3 is 2.95 bits per heavy atom. The standard InChI is InChI=1S/C15H19BrClNO2/c16-14-9-12(17)5-4-11(14)10-18-8-2-1-3-13(18)6-7-15(19)20/h4-5,9,13H,1-3,6-8,10H2,(H,19,20). The topological polar surface area (TPSA) is 40.5 Å². The summed E-state index contributed by atoms with van der Waals surface area (Å²) in [5, 5.41) is 9.58. The van der Waals surface area contributed by atoms with Gasteiger partial charge in [-0.2, -0.15) is 0 Å². The van der Waals surface area contributed by atoms with Crippen molar-refractivity contribution in [2.75, 3.05) is 6.54 Å². The minimum atomic E-state index is -0.705. The first-order valence-corrected chi connectivity index (χ1v) is 8.13. The van der Waals surface area contributed by atoms with Gasteiger partial charge in [0.25, 0.3) is 0 Å². The Bertz CT molecular complexity index is 481. The lowest BCUT2D eigenvalue weighted by molar-refractivity contribution is -0.137. The van der Waals surface area contributed by atoms with Crippen LogP contribution in [0.2, 0.25) is 5.02 Å². The van der Waals surface area contributed by atoms with Gasteiger partial charge in [0.15, 0.2) is 0 Å². The van der Waals surface area contributed by atoms with Crippen LogP contribution in [0.1, 0.15) is 37.7 Å². The number of carbonyl (C=O) groups is 1. The average molecular weight is 361 g/mol. The van der Waals surface area contributed by atoms with E-state index in [2.05, 4.69) is 20.8 Å². The van der Waals surface area contributed by atoms with E-state index in [0.717, 1.165) is 35.4 Å². The Labute approximate surface area is 133 Å². The molecule has 1 aromatic carbocycles. The second kappa shape index (κ2) is 7.43. The zero-order valence-electron chi connectivity index (χ0n) is 11.3. The second-order valence-electron chi connectivity index (χ2n) is 5.29. The van der Waals surface area contributed by atoms with E-state index >= 15 is 0 Å². The van der Waals surface area contributed by atoms with Crippen molar-refractivity contribution in [3.63, 3.8) is 0 Å². The van der Waals surface area contributed by atoms with E-state index in [9.17, 15) is 4.79 Å². The molecule has 1 fully saturated rings. The highest BCUT2D eigenvalue weighted by Crippen LogP contribution is 2.27. The molecule has 0 saturated carbocycles. The number of hydrogen-bond donors (Lipinski definition) is 1. The monoisotopic (exact) mass is 359 g/mol. The van der Waals surface area contributed by atoms with Gasteiger partial charge in [-0.15, -0.1) is 0 Å². The van der Waals surface area contributed by atoms with Gasteiger partial charge in [0.1, 0.15) is 0 Å². The largest absolute Gasteiger partial charge is 0.481 e. The summed E-state index contributed by atoms with van der Waals surface area (Å²) < 4.78 is 1.02. The van der Waals surface area contributed by atoms with E-state index in [4.69, 9.17) is 16.7 Å². The van der Waals surface area contributed by atoms with E-state index < -0.39 is 5.97 Å². The van der Waals surface area contributed by atoms with Crippen molar-refractivity contribution < 1.29 is 9.90 Å². The number of rotatable bonds is 5. The Balaban J connectivity index is 2.02. The van der Waals surface area contributed by atoms with Crippen molar-refractivity contribution >= 4 is 33.5 Å². The van der Waals surface area contributed by atoms with Crippen LogP contribution in [-0.2, 0) is 11.3 Å². The number of carboxylic acids is 1. The molecule has 2 rings (SSSR count). The van der Waals surface area contributed by atoms with Crippen LogP contribution in [0.4, 0.5) is 0 Å². The molecule has 0 aromatic heterocycles. The summed E-state index contributed by atoms with van der Waals surface area (Å²) in [6, 6.07) is 6.22. The van der Waals surface area contributed by atoms with E-state index in [-0.39, 0.29) is 6.42 Å². The summed E-state index contributed by atoms with van der Waals surface area (Å²) >= 11 is 9.51. The van der Waals surface area contributed by atoms with Gasteiger partial charge in [0.2, 0.25) is 0 Å². The lowest BCUT2D eigenvalue weighted by atomic mass is 9.97. The van der Waals surface area contributed by atoms with Crippen LogP contribution in [0.3, 0.4) is 0 Å². The quantitative estimate of drug-likeness (QED) is 0.850. The van der Waals surface area contributed by atoms with Crippen LogP contribution in [-0.4, -0.2) is 28.6 Å². The van der Waals surface area contributed by atoms with Gasteiger partial charge in [-0.1, -0.05) is 40.0 Å². The van der Waals surface area contributed by atoms with E-state index in [0.29, 0.717) is 6.04 Å². The Kier molecular flexibility index (Phi) is 5.87. The van der Waals surface area contributed by atoms with Crippen molar-refractivity contribution in [1.29, 1.82) is 0 Å². The molecule has 1 saturated heterocycles. The lowest BCUT2D eigenvalue weighted by Gasteiger charge is -2.35. The van der Waals surface area contributed by atoms with Crippen molar-refractivity contribution in [3.05, 3.63) is 33.3 Å². The fraction of sp³-hybridized carbons (Fsp3) is 0.533. The molecule has 20 heavy (non-hydrogen) atoms. The molecule has 110 valence electrons. The molecule has 0 amide bonds. The molecule has 0 bridgehead atoms. The second-order valence-corrected chi connectivity index (χ2v) is 6.58. The highest BCUT2D eigenvalue weighted by molar-refractivity contribution is 9.10. The van der Waals surface area contributed by atoms with Gasteiger partial charge in [-0.25, -0.2) is 0 Å². The number of piperidine rings is 1. The third-order valence-electron chi connectivity index (χ3n) is 3.83. The number of nitrogens with zero attached hydrogens (tertiary/aromatic N) is 1. The third-order valence-corrected chi connectivity index (χ3v) is 4.80. The van der Waals surface area contributed by atoms with Crippen molar-refractivity contribution in [2.45, 2.75) is 44.7 Å². The van der Waals surface area contributed by atoms with Gasteiger partial charge in [0, 0.05) is 28.5 Å². The smallest absolute Gasteiger partial charge is 0.303 e. The number of benzene rings is 1. The summed E-state index contributed by atoms with van der Waals surface area (Å²) in [5.41, 5.74) is 1.21. The van der Waals surface area contributed by atoms with Gasteiger partial charge >= 0.3 is 5.97 Å². The van der Waals surface area contributed by atoms with Crippen LogP contribution in [0.15, 0.2) is 22.7 Å². The van der Waals surface area contributed by atoms with Crippen LogP contribution < -0.4 is 0 Å². The van der Waals surface area contributed by atoms with E-state index in [1.807, 2.05) is 18.2 Å². The molecule has 0 radical (unpaired) electrons. The third kappa shape index (κ3) is 4.47. The lowest BCUT2D eigenvalue weighted by Crippen LogP contribution is -2.39. The number of hydrogen-bond acceptors (Lipinski definition) is 2. The van der Waals surface area contributed by atoms with Gasteiger partial charge in [-0.05, 0) is 43.5 Å². The maximum atomic E-state index is 10.8. The molecule has 0 aliphatic carbocycles. The summed E-state index contributed by atoms with van der Waals surface area (Å²) in [6.45, 7) is 1.89. The van der Waals surface area contributed by atoms with Crippen molar-refractivity contribution in [2.24, 2.45) is 0 Å². The first-order chi connectivity index (χ1) is 9.56. The average Bonchev–Trinajstić information content (AvgIpc) is 2.41. The number of aliphatic carboxylic acids is 1. The molecule has 1 aromatic rings. The summed E-state index contributed by atoms with van der Waals surface area (Å²) in [6.07, 6.45) is 4.47. The molecule has 1 heterocycles. The molecule has 1 unspecified atom stereocenters. The van der Waals surface area contributed by atoms with Crippen LogP contribution >= 0.6 is 27.5 Å². The van der Waals surface area contributed by atoms with Gasteiger partial charge < -0.3 is 5.11 Å². The zero-order chi connectivity index (χ0) is 14.5. The molecule has 5 heteroatoms. The summed E-state index contributed by atoms with van der Waals surface area (Å²) in [4.78, 5) is 13.2. The Hall–Kier alpha value is -0.580. The van der Waals surface area contributed by atoms with E-state index in [1.54, 1.807) is 0 Å². The first-order valence-electron chi connectivity index (χ1n) is 6.96. The van der Waals surface area contributed by atoms with Crippen LogP contribution in [0, 0.1) is 0 Å². The minimum absolute atomic E-state index is 0.253. The highest BCUT2D eigenvalue weighted by Gasteiger charge is 2.23. The first kappa shape index (κ1) is 15.8. The maximum absolute atomic E-state index is 10.8. The molecule has 1 atom stereocenters. The Morgan fingerprint density at radius 1 is 1.45 bits per heavy atom. The number of carboxylic acid groups (broad SMARTS) is 1. The van der Waals surface area contributed by atoms with Crippen molar-refractivity contribution in [1.82, 2.24) is 4.90 Å². The van der Waals surface area contributed by atoms with Crippen LogP contribution in [0.5, 0.6) is 0 Å². The zero-order valence-corrected chi connectivity index (χ0v) is 13.7. The van der Waals surface area contributed by atoms with Gasteiger partial charge in [-0.3, -0.25) is 9.69 Å². The fourth-order valence-electron chi connectivity index (χ4n) is 2.75. The van der Waals surface area contributed by atoms with Gasteiger partial charge in [0.05, 0.1) is 0 Å². The molecule has 3 nitrogen and oxygen atoms in total. The summed E-state index contributed by atoms with van der Waals surface area (Å²) in [5.74, 6) is -0.705.